The largest absolute Gasteiger partial charge is 0.298 e. The zero-order valence-electron chi connectivity index (χ0n) is 13.3. The second-order valence-electron chi connectivity index (χ2n) is 5.39. The molecule has 1 aliphatic rings. The summed E-state index contributed by atoms with van der Waals surface area (Å²) >= 11 is 5.03. The number of benzene rings is 1. The molecule has 0 atom stereocenters. The third-order valence-corrected chi connectivity index (χ3v) is 4.04. The van der Waals surface area contributed by atoms with Crippen LogP contribution in [-0.2, 0) is 9.59 Å². The summed E-state index contributed by atoms with van der Waals surface area (Å²) in [6.07, 6.45) is 6.61. The quantitative estimate of drug-likeness (QED) is 0.399. The summed E-state index contributed by atoms with van der Waals surface area (Å²) in [6, 6.07) is 11.4. The Labute approximate surface area is 150 Å². The number of carbonyl (C=O) groups is 2. The lowest BCUT2D eigenvalue weighted by atomic mass is 10.0. The Hall–Kier alpha value is -3.12. The predicted octanol–water partition coefficient (Wildman–Crippen LogP) is 2.56. The van der Waals surface area contributed by atoms with Crippen molar-refractivity contribution in [1.29, 1.82) is 0 Å². The van der Waals surface area contributed by atoms with Crippen LogP contribution in [-0.4, -0.2) is 33.4 Å². The van der Waals surface area contributed by atoms with Gasteiger partial charge in [0.2, 0.25) is 0 Å². The van der Waals surface area contributed by atoms with Crippen molar-refractivity contribution in [3.63, 3.8) is 0 Å². The van der Waals surface area contributed by atoms with Gasteiger partial charge in [-0.2, -0.15) is 0 Å². The summed E-state index contributed by atoms with van der Waals surface area (Å²) in [6.45, 7) is 3.84. The zero-order chi connectivity index (χ0) is 17.8. The summed E-state index contributed by atoms with van der Waals surface area (Å²) < 4.78 is 0. The van der Waals surface area contributed by atoms with E-state index in [1.54, 1.807) is 24.5 Å². The molecule has 2 amide bonds. The smallest absolute Gasteiger partial charge is 0.265 e. The van der Waals surface area contributed by atoms with Gasteiger partial charge in [-0.25, -0.2) is 0 Å². The predicted molar refractivity (Wildman–Crippen MR) is 100 cm³/mol. The Morgan fingerprint density at radius 2 is 1.92 bits per heavy atom. The van der Waals surface area contributed by atoms with Crippen LogP contribution in [0.1, 0.15) is 5.56 Å². The van der Waals surface area contributed by atoms with E-state index in [-0.39, 0.29) is 17.2 Å². The maximum atomic E-state index is 12.5. The van der Waals surface area contributed by atoms with Gasteiger partial charge in [-0.05, 0) is 41.1 Å². The average molecular weight is 349 g/mol. The van der Waals surface area contributed by atoms with Crippen LogP contribution < -0.4 is 5.32 Å². The molecule has 1 aromatic heterocycles. The monoisotopic (exact) mass is 349 g/mol. The van der Waals surface area contributed by atoms with E-state index in [1.165, 1.54) is 4.90 Å². The Morgan fingerprint density at radius 1 is 1.16 bits per heavy atom. The van der Waals surface area contributed by atoms with E-state index in [2.05, 4.69) is 16.9 Å². The molecular formula is C19H15N3O2S. The topological polar surface area (TPSA) is 62.3 Å². The maximum Gasteiger partial charge on any atom is 0.265 e. The van der Waals surface area contributed by atoms with Crippen molar-refractivity contribution < 1.29 is 9.59 Å². The zero-order valence-corrected chi connectivity index (χ0v) is 14.1. The molecule has 6 heteroatoms. The Bertz CT molecular complexity index is 873. The van der Waals surface area contributed by atoms with Crippen LogP contribution >= 0.6 is 12.2 Å². The van der Waals surface area contributed by atoms with Crippen molar-refractivity contribution in [1.82, 2.24) is 15.2 Å². The third-order valence-electron chi connectivity index (χ3n) is 3.71. The highest BCUT2D eigenvalue weighted by molar-refractivity contribution is 7.80. The molecule has 0 unspecified atom stereocenters. The Kier molecular flexibility index (Phi) is 4.81. The third kappa shape index (κ3) is 3.54. The van der Waals surface area contributed by atoms with Crippen molar-refractivity contribution in [3.8, 4) is 11.1 Å². The van der Waals surface area contributed by atoms with E-state index in [1.807, 2.05) is 36.4 Å². The highest BCUT2D eigenvalue weighted by Gasteiger charge is 2.32. The second kappa shape index (κ2) is 7.19. The van der Waals surface area contributed by atoms with Gasteiger partial charge in [0.05, 0.1) is 0 Å². The molecule has 1 saturated heterocycles. The Morgan fingerprint density at radius 3 is 2.56 bits per heavy atom. The van der Waals surface area contributed by atoms with Crippen molar-refractivity contribution in [2.45, 2.75) is 0 Å². The molecule has 0 spiro atoms. The van der Waals surface area contributed by atoms with Gasteiger partial charge in [0, 0.05) is 18.9 Å². The highest BCUT2D eigenvalue weighted by atomic mass is 32.1. The molecular weight excluding hydrogens is 334 g/mol. The van der Waals surface area contributed by atoms with E-state index in [9.17, 15) is 9.59 Å². The number of amides is 2. The molecule has 2 aromatic rings. The van der Waals surface area contributed by atoms with Crippen molar-refractivity contribution in [2.24, 2.45) is 0 Å². The summed E-state index contributed by atoms with van der Waals surface area (Å²) in [4.78, 5) is 30.0. The number of rotatable bonds is 4. The molecule has 124 valence electrons. The molecule has 0 bridgehead atoms. The van der Waals surface area contributed by atoms with Gasteiger partial charge in [-0.1, -0.05) is 36.4 Å². The molecule has 1 N–H and O–H groups in total. The molecule has 25 heavy (non-hydrogen) atoms. The molecule has 3 rings (SSSR count). The molecule has 0 saturated carbocycles. The van der Waals surface area contributed by atoms with E-state index in [0.29, 0.717) is 0 Å². The van der Waals surface area contributed by atoms with Gasteiger partial charge in [-0.15, -0.1) is 6.58 Å². The molecule has 1 aliphatic heterocycles. The summed E-state index contributed by atoms with van der Waals surface area (Å²) in [5.41, 5.74) is 2.79. The molecule has 2 heterocycles. The number of aromatic nitrogens is 1. The minimum atomic E-state index is -0.494. The molecule has 5 nitrogen and oxygen atoms in total. The number of hydrogen-bond acceptors (Lipinski definition) is 4. The normalized spacial score (nSPS) is 16.1. The van der Waals surface area contributed by atoms with Gasteiger partial charge >= 0.3 is 0 Å². The van der Waals surface area contributed by atoms with Crippen molar-refractivity contribution in [3.05, 3.63) is 72.6 Å². The first-order valence-electron chi connectivity index (χ1n) is 7.60. The van der Waals surface area contributed by atoms with Crippen molar-refractivity contribution >= 4 is 35.2 Å². The average Bonchev–Trinajstić information content (AvgIpc) is 2.63. The van der Waals surface area contributed by atoms with Crippen LogP contribution in [0.25, 0.3) is 17.2 Å². The second-order valence-corrected chi connectivity index (χ2v) is 5.77. The number of thiocarbonyl (C=S) groups is 1. The fourth-order valence-corrected chi connectivity index (χ4v) is 2.71. The van der Waals surface area contributed by atoms with E-state index >= 15 is 0 Å². The molecule has 0 radical (unpaired) electrons. The number of hydrogen-bond donors (Lipinski definition) is 1. The Balaban J connectivity index is 1.88. The first-order valence-corrected chi connectivity index (χ1v) is 8.01. The van der Waals surface area contributed by atoms with Crippen molar-refractivity contribution in [2.75, 3.05) is 6.54 Å². The van der Waals surface area contributed by atoms with Crippen LogP contribution in [0, 0.1) is 0 Å². The summed E-state index contributed by atoms with van der Waals surface area (Å²) in [5, 5.41) is 2.62. The first-order chi connectivity index (χ1) is 12.1. The highest BCUT2D eigenvalue weighted by Crippen LogP contribution is 2.20. The van der Waals surface area contributed by atoms with Gasteiger partial charge < -0.3 is 0 Å². The van der Waals surface area contributed by atoms with Crippen LogP contribution in [0.4, 0.5) is 0 Å². The standard InChI is InChI=1S/C19H15N3O2S/c1-2-10-22-18(24)16(17(23)21-19(22)25)11-13-5-7-14(8-6-13)15-4-3-9-20-12-15/h2-9,11-12H,1,10H2,(H,21,23,25). The van der Waals surface area contributed by atoms with Gasteiger partial charge in [0.25, 0.3) is 11.8 Å². The number of pyridine rings is 1. The minimum Gasteiger partial charge on any atom is -0.298 e. The van der Waals surface area contributed by atoms with Crippen LogP contribution in [0.3, 0.4) is 0 Å². The SMILES string of the molecule is C=CCN1C(=O)C(=Cc2ccc(-c3cccnc3)cc2)C(=O)NC1=S. The van der Waals surface area contributed by atoms with Crippen LogP contribution in [0.2, 0.25) is 0 Å². The lowest BCUT2D eigenvalue weighted by molar-refractivity contribution is -0.128. The molecule has 0 aliphatic carbocycles. The minimum absolute atomic E-state index is 0.0459. The first kappa shape index (κ1) is 16.7. The number of nitrogens with zero attached hydrogens (tertiary/aromatic N) is 2. The number of nitrogens with one attached hydrogen (secondary N) is 1. The lowest BCUT2D eigenvalue weighted by Crippen LogP contribution is -2.53. The maximum absolute atomic E-state index is 12.5. The van der Waals surface area contributed by atoms with Gasteiger partial charge in [-0.3, -0.25) is 24.8 Å². The molecule has 1 fully saturated rings. The van der Waals surface area contributed by atoms with E-state index < -0.39 is 11.8 Å². The lowest BCUT2D eigenvalue weighted by Gasteiger charge is -2.27. The van der Waals surface area contributed by atoms with Gasteiger partial charge in [0.15, 0.2) is 5.11 Å². The van der Waals surface area contributed by atoms with Crippen LogP contribution in [0.15, 0.2) is 67.0 Å². The van der Waals surface area contributed by atoms with Gasteiger partial charge in [0.1, 0.15) is 5.57 Å². The number of carbonyl (C=O) groups excluding carboxylic acids is 2. The van der Waals surface area contributed by atoms with E-state index in [0.717, 1.165) is 16.7 Å². The van der Waals surface area contributed by atoms with Crippen LogP contribution in [0.5, 0.6) is 0 Å². The fraction of sp³-hybridized carbons (Fsp3) is 0.0526. The molecule has 1 aromatic carbocycles. The summed E-state index contributed by atoms with van der Waals surface area (Å²) in [7, 11) is 0. The fourth-order valence-electron chi connectivity index (χ4n) is 2.46. The van der Waals surface area contributed by atoms with E-state index in [4.69, 9.17) is 12.2 Å². The summed E-state index contributed by atoms with van der Waals surface area (Å²) in [5.74, 6) is -0.920.